The van der Waals surface area contributed by atoms with Crippen LogP contribution in [-0.4, -0.2) is 62.5 Å². The summed E-state index contributed by atoms with van der Waals surface area (Å²) in [6.07, 6.45) is 2.53. The largest absolute Gasteiger partial charge is 0.473 e. The third-order valence-electron chi connectivity index (χ3n) is 5.37. The number of alkyl halides is 1. The van der Waals surface area contributed by atoms with Crippen LogP contribution in [0.25, 0.3) is 5.65 Å². The molecule has 0 spiro atoms. The molecule has 2 aliphatic rings. The third-order valence-corrected chi connectivity index (χ3v) is 5.37. The number of carbonyl (C=O) groups excluding carboxylic acids is 2. The van der Waals surface area contributed by atoms with Crippen molar-refractivity contribution in [1.82, 2.24) is 24.9 Å². The highest BCUT2D eigenvalue weighted by Crippen LogP contribution is 2.33. The lowest BCUT2D eigenvalue weighted by molar-refractivity contribution is 0.0587. The predicted octanol–water partition coefficient (Wildman–Crippen LogP) is 3.62. The molecule has 2 saturated carbocycles. The Kier molecular flexibility index (Phi) is 5.02. The third kappa shape index (κ3) is 5.16. The number of ether oxygens (including phenoxy) is 2. The molecule has 3 aromatic heterocycles. The number of anilines is 3. The van der Waals surface area contributed by atoms with Gasteiger partial charge in [0.2, 0.25) is 5.88 Å². The second kappa shape index (κ2) is 8.92. The topological polar surface area (TPSA) is 123 Å². The number of nitrogens with zero attached hydrogens (tertiary/aromatic N) is 5. The van der Waals surface area contributed by atoms with Crippen molar-refractivity contribution in [2.24, 2.45) is 0 Å². The lowest BCUT2D eigenvalue weighted by Crippen LogP contribution is -2.35. The van der Waals surface area contributed by atoms with Gasteiger partial charge in [0.05, 0.1) is 12.2 Å². The Hall–Kier alpha value is -3.96. The van der Waals surface area contributed by atoms with Crippen LogP contribution in [0.2, 0.25) is 0 Å². The van der Waals surface area contributed by atoms with Crippen LogP contribution in [0.1, 0.15) is 54.5 Å². The number of fused-ring (bicyclic) bond motifs is 1. The van der Waals surface area contributed by atoms with Gasteiger partial charge < -0.3 is 20.1 Å². The molecule has 0 aliphatic heterocycles. The fraction of sp³-hybridized carbons (Fsp3) is 0.458. The average molecular weight is 501 g/mol. The van der Waals surface area contributed by atoms with E-state index in [9.17, 15) is 14.0 Å². The zero-order valence-corrected chi connectivity index (χ0v) is 20.0. The van der Waals surface area contributed by atoms with Crippen LogP contribution in [0.5, 0.6) is 5.88 Å². The van der Waals surface area contributed by atoms with Crippen LogP contribution in [0.4, 0.5) is 26.5 Å². The number of amides is 2. The molecule has 2 amide bonds. The minimum atomic E-state index is -2.99. The molecular weight excluding hydrogens is 469 g/mol. The van der Waals surface area contributed by atoms with E-state index in [0.29, 0.717) is 16.5 Å². The molecule has 2 N–H and O–H groups in total. The first-order valence-corrected chi connectivity index (χ1v) is 11.6. The van der Waals surface area contributed by atoms with Crippen molar-refractivity contribution in [1.29, 1.82) is 0 Å². The van der Waals surface area contributed by atoms with Gasteiger partial charge in [-0.2, -0.15) is 9.61 Å². The average Bonchev–Trinajstić information content (AvgIpc) is 3.71. The molecule has 2 fully saturated rings. The second-order valence-electron chi connectivity index (χ2n) is 9.74. The minimum absolute atomic E-state index is 0.0330. The Bertz CT molecular complexity index is 1420. The molecule has 2 atom stereocenters. The Morgan fingerprint density at radius 1 is 1.33 bits per heavy atom. The summed E-state index contributed by atoms with van der Waals surface area (Å²) in [6, 6.07) is 4.05. The number of nitrogens with one attached hydrogen (secondary N) is 2. The monoisotopic (exact) mass is 500 g/mol. The molecule has 11 nitrogen and oxygen atoms in total. The fourth-order valence-electron chi connectivity index (χ4n) is 3.35. The summed E-state index contributed by atoms with van der Waals surface area (Å²) in [4.78, 5) is 35.3. The normalized spacial score (nSPS) is 20.6. The molecule has 0 bridgehead atoms. The van der Waals surface area contributed by atoms with Gasteiger partial charge in [-0.05, 0) is 45.7 Å². The SMILES string of the molecule is [2H]C([2H])([2H])N(C(=O)OC(C)(C)C)c1cc(Nc2cccnc2OC2CC2)nc2c(C(=O)N[C@@H]3C[C@@H]3F)cnn12. The van der Waals surface area contributed by atoms with Crippen molar-refractivity contribution in [3.63, 3.8) is 0 Å². The van der Waals surface area contributed by atoms with Gasteiger partial charge in [0.25, 0.3) is 5.91 Å². The van der Waals surface area contributed by atoms with E-state index >= 15 is 0 Å². The van der Waals surface area contributed by atoms with E-state index in [2.05, 4.69) is 25.7 Å². The van der Waals surface area contributed by atoms with Gasteiger partial charge >= 0.3 is 6.09 Å². The van der Waals surface area contributed by atoms with Gasteiger partial charge in [0, 0.05) is 29.8 Å². The minimum Gasteiger partial charge on any atom is -0.473 e. The van der Waals surface area contributed by atoms with Crippen LogP contribution < -0.4 is 20.3 Å². The van der Waals surface area contributed by atoms with Crippen LogP contribution in [0.3, 0.4) is 0 Å². The molecule has 0 unspecified atom stereocenters. The lowest BCUT2D eigenvalue weighted by Gasteiger charge is -2.25. The second-order valence-corrected chi connectivity index (χ2v) is 9.74. The van der Waals surface area contributed by atoms with E-state index in [1.165, 1.54) is 12.3 Å². The highest BCUT2D eigenvalue weighted by molar-refractivity contribution is 6.01. The van der Waals surface area contributed by atoms with E-state index in [-0.39, 0.29) is 35.4 Å². The number of halogens is 1. The zero-order chi connectivity index (χ0) is 28.1. The quantitative estimate of drug-likeness (QED) is 0.504. The summed E-state index contributed by atoms with van der Waals surface area (Å²) < 4.78 is 50.0. The van der Waals surface area contributed by atoms with Gasteiger partial charge in [0.15, 0.2) is 5.65 Å². The van der Waals surface area contributed by atoms with Gasteiger partial charge in [-0.25, -0.2) is 19.2 Å². The molecule has 2 aliphatic carbocycles. The summed E-state index contributed by atoms with van der Waals surface area (Å²) in [6.45, 7) is 1.82. The molecule has 0 aromatic carbocycles. The van der Waals surface area contributed by atoms with Crippen molar-refractivity contribution in [2.45, 2.75) is 64.0 Å². The Labute approximate surface area is 211 Å². The smallest absolute Gasteiger partial charge is 0.415 e. The summed E-state index contributed by atoms with van der Waals surface area (Å²) >= 11 is 0. The first kappa shape index (κ1) is 20.3. The van der Waals surface area contributed by atoms with E-state index in [0.717, 1.165) is 17.4 Å². The highest BCUT2D eigenvalue weighted by atomic mass is 19.1. The molecule has 36 heavy (non-hydrogen) atoms. The van der Waals surface area contributed by atoms with Crippen LogP contribution in [0.15, 0.2) is 30.6 Å². The van der Waals surface area contributed by atoms with Crippen molar-refractivity contribution < 1.29 is 27.6 Å². The van der Waals surface area contributed by atoms with Crippen LogP contribution in [0, 0.1) is 0 Å². The van der Waals surface area contributed by atoms with E-state index in [4.69, 9.17) is 13.6 Å². The number of hydrogen-bond donors (Lipinski definition) is 2. The summed E-state index contributed by atoms with van der Waals surface area (Å²) in [5.41, 5.74) is -0.654. The highest BCUT2D eigenvalue weighted by Gasteiger charge is 2.39. The Morgan fingerprint density at radius 3 is 2.78 bits per heavy atom. The van der Waals surface area contributed by atoms with Crippen molar-refractivity contribution in [2.75, 3.05) is 17.2 Å². The first-order chi connectivity index (χ1) is 18.3. The van der Waals surface area contributed by atoms with E-state index in [1.807, 2.05) is 0 Å². The number of hydrogen-bond acceptors (Lipinski definition) is 8. The number of carbonyl (C=O) groups is 2. The molecule has 0 saturated heterocycles. The number of pyridine rings is 1. The van der Waals surface area contributed by atoms with Gasteiger partial charge in [-0.15, -0.1) is 0 Å². The lowest BCUT2D eigenvalue weighted by atomic mass is 10.2. The summed E-state index contributed by atoms with van der Waals surface area (Å²) in [5.74, 6) is -0.479. The number of aromatic nitrogens is 4. The zero-order valence-electron chi connectivity index (χ0n) is 23.0. The standard InChI is InChI=1S/C24H28FN7O4/c1-24(2,3)36-23(34)31(4)19-11-18(28-16-6-5-9-26-22(16)35-13-7-8-13)30-20-14(12-27-32(19)20)21(33)29-17-10-15(17)25/h5-6,9,11-13,15,17H,7-8,10H2,1-4H3,(H,28,30)(H,29,33)/t15-,17+/m0/s1/i4D3. The van der Waals surface area contributed by atoms with Crippen molar-refractivity contribution >= 4 is 35.0 Å². The Morgan fingerprint density at radius 2 is 2.11 bits per heavy atom. The van der Waals surface area contributed by atoms with Crippen LogP contribution >= 0.6 is 0 Å². The first-order valence-electron chi connectivity index (χ1n) is 13.1. The van der Waals surface area contributed by atoms with Gasteiger partial charge in [-0.1, -0.05) is 0 Å². The van der Waals surface area contributed by atoms with E-state index in [1.54, 1.807) is 39.1 Å². The number of rotatable bonds is 7. The maximum Gasteiger partial charge on any atom is 0.415 e. The molecule has 3 aromatic rings. The summed E-state index contributed by atoms with van der Waals surface area (Å²) in [5, 5.41) is 9.77. The predicted molar refractivity (Wildman–Crippen MR) is 130 cm³/mol. The van der Waals surface area contributed by atoms with E-state index < -0.39 is 36.8 Å². The molecule has 5 rings (SSSR count). The maximum absolute atomic E-state index is 13.5. The fourth-order valence-corrected chi connectivity index (χ4v) is 3.35. The van der Waals surface area contributed by atoms with Crippen molar-refractivity contribution in [3.8, 4) is 5.88 Å². The van der Waals surface area contributed by atoms with Crippen LogP contribution in [-0.2, 0) is 4.74 Å². The Balaban J connectivity index is 1.61. The molecule has 3 heterocycles. The summed E-state index contributed by atoms with van der Waals surface area (Å²) in [7, 11) is 0. The molecule has 0 radical (unpaired) electrons. The van der Waals surface area contributed by atoms with Gasteiger partial charge in [-0.3, -0.25) is 9.69 Å². The molecular formula is C24H28FN7O4. The molecule has 12 heteroatoms. The van der Waals surface area contributed by atoms with Crippen molar-refractivity contribution in [3.05, 3.63) is 36.2 Å². The maximum atomic E-state index is 13.5. The van der Waals surface area contributed by atoms with Gasteiger partial charge in [0.1, 0.15) is 40.8 Å². The molecule has 190 valence electrons.